The van der Waals surface area contributed by atoms with E-state index in [0.29, 0.717) is 13.0 Å². The standard InChI is InChI=1S/C17H25BrN2O/c1-2-13-10-14(18)6-7-15(13)20-16(21)11-17(12-19)8-4-3-5-9-17/h6-7,10H,2-5,8-9,11-12,19H2,1H3,(H,20,21). The molecule has 0 heterocycles. The van der Waals surface area contributed by atoms with Crippen LogP contribution < -0.4 is 11.1 Å². The maximum absolute atomic E-state index is 12.4. The summed E-state index contributed by atoms with van der Waals surface area (Å²) in [5.74, 6) is 0.0966. The van der Waals surface area contributed by atoms with Gasteiger partial charge < -0.3 is 11.1 Å². The van der Waals surface area contributed by atoms with Crippen molar-refractivity contribution in [3.8, 4) is 0 Å². The first kappa shape index (κ1) is 16.5. The number of hydrogen-bond acceptors (Lipinski definition) is 2. The van der Waals surface area contributed by atoms with Crippen molar-refractivity contribution in [2.75, 3.05) is 11.9 Å². The summed E-state index contributed by atoms with van der Waals surface area (Å²) in [6.45, 7) is 2.71. The molecule has 1 aromatic rings. The van der Waals surface area contributed by atoms with Gasteiger partial charge in [-0.2, -0.15) is 0 Å². The minimum atomic E-state index is 0.0179. The molecule has 1 saturated carbocycles. The summed E-state index contributed by atoms with van der Waals surface area (Å²) in [6, 6.07) is 6.00. The SMILES string of the molecule is CCc1cc(Br)ccc1NC(=O)CC1(CN)CCCCC1. The number of carbonyl (C=O) groups is 1. The van der Waals surface area contributed by atoms with Gasteiger partial charge in [-0.3, -0.25) is 4.79 Å². The Labute approximate surface area is 135 Å². The molecule has 0 atom stereocenters. The lowest BCUT2D eigenvalue weighted by Crippen LogP contribution is -2.36. The van der Waals surface area contributed by atoms with E-state index in [4.69, 9.17) is 5.73 Å². The Kier molecular flexibility index (Phi) is 5.82. The molecule has 21 heavy (non-hydrogen) atoms. The van der Waals surface area contributed by atoms with Crippen LogP contribution in [0.25, 0.3) is 0 Å². The first-order valence-electron chi connectivity index (χ1n) is 7.87. The number of hydrogen-bond donors (Lipinski definition) is 2. The van der Waals surface area contributed by atoms with Gasteiger partial charge >= 0.3 is 0 Å². The van der Waals surface area contributed by atoms with Crippen molar-refractivity contribution >= 4 is 27.5 Å². The second-order valence-corrected chi connectivity index (χ2v) is 7.06. The van der Waals surface area contributed by atoms with E-state index in [-0.39, 0.29) is 11.3 Å². The monoisotopic (exact) mass is 352 g/mol. The summed E-state index contributed by atoms with van der Waals surface area (Å²) < 4.78 is 1.04. The fraction of sp³-hybridized carbons (Fsp3) is 0.588. The maximum atomic E-state index is 12.4. The highest BCUT2D eigenvalue weighted by atomic mass is 79.9. The van der Waals surface area contributed by atoms with Crippen molar-refractivity contribution in [1.82, 2.24) is 0 Å². The number of nitrogens with one attached hydrogen (secondary N) is 1. The second kappa shape index (κ2) is 7.41. The molecule has 2 rings (SSSR count). The van der Waals surface area contributed by atoms with Crippen molar-refractivity contribution in [2.45, 2.75) is 51.9 Å². The summed E-state index contributed by atoms with van der Waals surface area (Å²) in [6.07, 6.45) is 7.28. The number of anilines is 1. The Morgan fingerprint density at radius 1 is 1.33 bits per heavy atom. The Hall–Kier alpha value is -0.870. The van der Waals surface area contributed by atoms with E-state index in [2.05, 4.69) is 34.2 Å². The topological polar surface area (TPSA) is 55.1 Å². The van der Waals surface area contributed by atoms with E-state index in [1.165, 1.54) is 19.3 Å². The van der Waals surface area contributed by atoms with Crippen LogP contribution in [-0.2, 0) is 11.2 Å². The van der Waals surface area contributed by atoms with E-state index in [0.717, 1.165) is 35.0 Å². The number of nitrogens with two attached hydrogens (primary N) is 1. The first-order valence-corrected chi connectivity index (χ1v) is 8.66. The fourth-order valence-electron chi connectivity index (χ4n) is 3.27. The molecule has 0 saturated heterocycles. The quantitative estimate of drug-likeness (QED) is 0.832. The third-order valence-corrected chi connectivity index (χ3v) is 5.10. The number of amides is 1. The molecular weight excluding hydrogens is 328 g/mol. The lowest BCUT2D eigenvalue weighted by atomic mass is 9.71. The van der Waals surface area contributed by atoms with Gasteiger partial charge in [-0.15, -0.1) is 0 Å². The Morgan fingerprint density at radius 3 is 2.67 bits per heavy atom. The highest BCUT2D eigenvalue weighted by molar-refractivity contribution is 9.10. The molecule has 0 aliphatic heterocycles. The predicted octanol–water partition coefficient (Wildman–Crippen LogP) is 4.25. The Morgan fingerprint density at radius 2 is 2.05 bits per heavy atom. The third kappa shape index (κ3) is 4.30. The molecule has 4 heteroatoms. The molecule has 1 aliphatic rings. The summed E-state index contributed by atoms with van der Waals surface area (Å²) in [7, 11) is 0. The third-order valence-electron chi connectivity index (χ3n) is 4.61. The molecule has 1 amide bonds. The van der Waals surface area contributed by atoms with Gasteiger partial charge in [0.05, 0.1) is 0 Å². The largest absolute Gasteiger partial charge is 0.330 e. The van der Waals surface area contributed by atoms with E-state index in [1.54, 1.807) is 0 Å². The van der Waals surface area contributed by atoms with Gasteiger partial charge in [-0.25, -0.2) is 0 Å². The minimum Gasteiger partial charge on any atom is -0.330 e. The Balaban J connectivity index is 2.04. The fourth-order valence-corrected chi connectivity index (χ4v) is 3.68. The van der Waals surface area contributed by atoms with Gasteiger partial charge in [0, 0.05) is 16.6 Å². The van der Waals surface area contributed by atoms with E-state index in [1.807, 2.05) is 12.1 Å². The molecule has 0 aromatic heterocycles. The van der Waals surface area contributed by atoms with E-state index in [9.17, 15) is 4.79 Å². The van der Waals surface area contributed by atoms with Crippen molar-refractivity contribution < 1.29 is 4.79 Å². The van der Waals surface area contributed by atoms with Gasteiger partial charge in [0.25, 0.3) is 0 Å². The number of rotatable bonds is 5. The molecule has 1 aliphatic carbocycles. The minimum absolute atomic E-state index is 0.0179. The molecule has 1 fully saturated rings. The van der Waals surface area contributed by atoms with Crippen LogP contribution in [0.3, 0.4) is 0 Å². The van der Waals surface area contributed by atoms with E-state index >= 15 is 0 Å². The zero-order valence-corrected chi connectivity index (χ0v) is 14.3. The molecular formula is C17H25BrN2O. The molecule has 116 valence electrons. The lowest BCUT2D eigenvalue weighted by molar-refractivity contribution is -0.118. The average molecular weight is 353 g/mol. The number of aryl methyl sites for hydroxylation is 1. The first-order chi connectivity index (χ1) is 10.1. The summed E-state index contributed by atoms with van der Waals surface area (Å²) in [4.78, 5) is 12.4. The van der Waals surface area contributed by atoms with Crippen LogP contribution in [0.2, 0.25) is 0 Å². The highest BCUT2D eigenvalue weighted by Crippen LogP contribution is 2.38. The lowest BCUT2D eigenvalue weighted by Gasteiger charge is -2.35. The second-order valence-electron chi connectivity index (χ2n) is 6.14. The van der Waals surface area contributed by atoms with Crippen molar-refractivity contribution in [3.05, 3.63) is 28.2 Å². The predicted molar refractivity (Wildman–Crippen MR) is 91.3 cm³/mol. The molecule has 0 bridgehead atoms. The van der Waals surface area contributed by atoms with Crippen LogP contribution in [-0.4, -0.2) is 12.5 Å². The molecule has 0 radical (unpaired) electrons. The highest BCUT2D eigenvalue weighted by Gasteiger charge is 2.33. The average Bonchev–Trinajstić information content (AvgIpc) is 2.50. The molecule has 3 N–H and O–H groups in total. The number of halogens is 1. The summed E-state index contributed by atoms with van der Waals surface area (Å²) in [5, 5.41) is 3.08. The van der Waals surface area contributed by atoms with Crippen molar-refractivity contribution in [1.29, 1.82) is 0 Å². The molecule has 1 aromatic carbocycles. The number of benzene rings is 1. The summed E-state index contributed by atoms with van der Waals surface area (Å²) >= 11 is 3.47. The maximum Gasteiger partial charge on any atom is 0.224 e. The van der Waals surface area contributed by atoms with Crippen LogP contribution in [0.15, 0.2) is 22.7 Å². The van der Waals surface area contributed by atoms with Crippen LogP contribution >= 0.6 is 15.9 Å². The van der Waals surface area contributed by atoms with Crippen molar-refractivity contribution in [2.24, 2.45) is 11.1 Å². The normalized spacial score (nSPS) is 17.5. The number of carbonyl (C=O) groups excluding carboxylic acids is 1. The zero-order chi connectivity index (χ0) is 15.3. The zero-order valence-electron chi connectivity index (χ0n) is 12.8. The molecule has 0 spiro atoms. The summed E-state index contributed by atoms with van der Waals surface area (Å²) in [5.41, 5.74) is 8.07. The van der Waals surface area contributed by atoms with Gasteiger partial charge in [-0.05, 0) is 55.0 Å². The molecule has 3 nitrogen and oxygen atoms in total. The van der Waals surface area contributed by atoms with Crippen LogP contribution in [0, 0.1) is 5.41 Å². The van der Waals surface area contributed by atoms with Crippen LogP contribution in [0.4, 0.5) is 5.69 Å². The van der Waals surface area contributed by atoms with Gasteiger partial charge in [0.2, 0.25) is 5.91 Å². The van der Waals surface area contributed by atoms with E-state index < -0.39 is 0 Å². The molecule has 0 unspecified atom stereocenters. The Bertz CT molecular complexity index is 496. The van der Waals surface area contributed by atoms with Gasteiger partial charge in [-0.1, -0.05) is 42.1 Å². The van der Waals surface area contributed by atoms with Crippen LogP contribution in [0.1, 0.15) is 51.0 Å². The van der Waals surface area contributed by atoms with Crippen molar-refractivity contribution in [3.63, 3.8) is 0 Å². The van der Waals surface area contributed by atoms with Gasteiger partial charge in [0.1, 0.15) is 0 Å². The van der Waals surface area contributed by atoms with Crippen LogP contribution in [0.5, 0.6) is 0 Å². The van der Waals surface area contributed by atoms with Gasteiger partial charge in [0.15, 0.2) is 0 Å². The smallest absolute Gasteiger partial charge is 0.224 e.